The average molecular weight is 434 g/mol. The Hall–Kier alpha value is -2.71. The van der Waals surface area contributed by atoms with Crippen LogP contribution in [-0.4, -0.2) is 15.9 Å². The van der Waals surface area contributed by atoms with E-state index in [1.54, 1.807) is 6.07 Å². The monoisotopic (exact) mass is 433 g/mol. The molecule has 1 atom stereocenters. The molecule has 0 aliphatic carbocycles. The van der Waals surface area contributed by atoms with Gasteiger partial charge in [0.2, 0.25) is 5.91 Å². The second kappa shape index (κ2) is 7.96. The van der Waals surface area contributed by atoms with E-state index in [2.05, 4.69) is 15.3 Å². The summed E-state index contributed by atoms with van der Waals surface area (Å²) in [6, 6.07) is 11.0. The molecule has 0 bridgehead atoms. The number of amides is 1. The number of hydrogen-bond donors (Lipinski definition) is 2. The number of rotatable bonds is 4. The lowest BCUT2D eigenvalue weighted by molar-refractivity contribution is -0.116. The minimum Gasteiger partial charge on any atom is -0.310 e. The van der Waals surface area contributed by atoms with E-state index in [-0.39, 0.29) is 28.5 Å². The third-order valence-electron chi connectivity index (χ3n) is 4.61. The normalized spacial score (nSPS) is 15.7. The molecule has 2 N–H and O–H groups in total. The Kier molecular flexibility index (Phi) is 5.38. The molecule has 0 fully saturated rings. The van der Waals surface area contributed by atoms with Gasteiger partial charge in [-0.05, 0) is 23.3 Å². The van der Waals surface area contributed by atoms with Crippen molar-refractivity contribution in [1.82, 2.24) is 9.97 Å². The number of carbonyl (C=O) groups is 1. The lowest BCUT2D eigenvalue weighted by Crippen LogP contribution is -2.31. The molecule has 2 heterocycles. The van der Waals surface area contributed by atoms with Gasteiger partial charge in [0, 0.05) is 23.1 Å². The quantitative estimate of drug-likeness (QED) is 0.470. The van der Waals surface area contributed by atoms with Crippen LogP contribution in [0.2, 0.25) is 5.02 Å². The van der Waals surface area contributed by atoms with Crippen molar-refractivity contribution in [2.75, 3.05) is 5.32 Å². The largest absolute Gasteiger partial charge is 0.310 e. The minimum absolute atomic E-state index is 0.0510. The number of halogens is 3. The van der Waals surface area contributed by atoms with Crippen molar-refractivity contribution in [2.45, 2.75) is 23.2 Å². The molecule has 0 radical (unpaired) electrons. The molecule has 0 saturated carbocycles. The molecule has 1 aromatic heterocycles. The van der Waals surface area contributed by atoms with E-state index in [1.807, 2.05) is 18.2 Å². The molecule has 5 nitrogen and oxygen atoms in total. The molecule has 1 aliphatic rings. The molecule has 1 amide bonds. The van der Waals surface area contributed by atoms with Crippen LogP contribution >= 0.6 is 23.4 Å². The van der Waals surface area contributed by atoms with Gasteiger partial charge in [-0.3, -0.25) is 9.59 Å². The van der Waals surface area contributed by atoms with E-state index in [9.17, 15) is 18.4 Å². The molecule has 0 unspecified atom stereocenters. The van der Waals surface area contributed by atoms with Gasteiger partial charge in [0.25, 0.3) is 5.56 Å². The van der Waals surface area contributed by atoms with E-state index < -0.39 is 29.0 Å². The van der Waals surface area contributed by atoms with Crippen molar-refractivity contribution in [3.63, 3.8) is 0 Å². The zero-order valence-corrected chi connectivity index (χ0v) is 16.4. The Morgan fingerprint density at radius 3 is 2.72 bits per heavy atom. The Morgan fingerprint density at radius 2 is 1.93 bits per heavy atom. The zero-order chi connectivity index (χ0) is 20.5. The number of thioether (sulfide) groups is 1. The molecule has 3 aromatic rings. The van der Waals surface area contributed by atoms with Crippen molar-refractivity contribution < 1.29 is 13.6 Å². The maximum Gasteiger partial charge on any atom is 0.257 e. The van der Waals surface area contributed by atoms with Crippen LogP contribution in [0.25, 0.3) is 0 Å². The Bertz CT molecular complexity index is 1170. The molecular weight excluding hydrogens is 420 g/mol. The van der Waals surface area contributed by atoms with E-state index in [1.165, 1.54) is 23.9 Å². The highest BCUT2D eigenvalue weighted by Crippen LogP contribution is 2.36. The minimum atomic E-state index is -1.07. The molecule has 0 saturated heterocycles. The van der Waals surface area contributed by atoms with Gasteiger partial charge < -0.3 is 10.3 Å². The molecule has 1 aliphatic heterocycles. The fourth-order valence-electron chi connectivity index (χ4n) is 3.24. The van der Waals surface area contributed by atoms with Crippen LogP contribution in [0.4, 0.5) is 14.6 Å². The maximum absolute atomic E-state index is 14.3. The summed E-state index contributed by atoms with van der Waals surface area (Å²) in [6.45, 7) is 0. The van der Waals surface area contributed by atoms with Crippen molar-refractivity contribution in [1.29, 1.82) is 0 Å². The third kappa shape index (κ3) is 3.90. The fourth-order valence-corrected chi connectivity index (χ4v) is 4.38. The van der Waals surface area contributed by atoms with Gasteiger partial charge >= 0.3 is 0 Å². The van der Waals surface area contributed by atoms with Crippen molar-refractivity contribution in [2.24, 2.45) is 0 Å². The van der Waals surface area contributed by atoms with Crippen LogP contribution in [0.5, 0.6) is 0 Å². The summed E-state index contributed by atoms with van der Waals surface area (Å²) in [5, 5.41) is 3.44. The number of anilines is 1. The Labute approximate surface area is 173 Å². The van der Waals surface area contributed by atoms with E-state index in [0.29, 0.717) is 10.8 Å². The summed E-state index contributed by atoms with van der Waals surface area (Å²) in [4.78, 5) is 31.9. The third-order valence-corrected chi connectivity index (χ3v) is 5.90. The number of hydrogen-bond acceptors (Lipinski definition) is 4. The highest BCUT2D eigenvalue weighted by molar-refractivity contribution is 7.98. The molecule has 9 heteroatoms. The first-order valence-electron chi connectivity index (χ1n) is 8.68. The second-order valence-electron chi connectivity index (χ2n) is 6.46. The molecule has 2 aromatic carbocycles. The van der Waals surface area contributed by atoms with Crippen LogP contribution in [0.3, 0.4) is 0 Å². The number of H-pyrrole nitrogens is 1. The van der Waals surface area contributed by atoms with Crippen molar-refractivity contribution >= 4 is 35.1 Å². The number of aromatic nitrogens is 2. The first-order chi connectivity index (χ1) is 13.9. The smallest absolute Gasteiger partial charge is 0.257 e. The summed E-state index contributed by atoms with van der Waals surface area (Å²) in [7, 11) is 0. The topological polar surface area (TPSA) is 74.8 Å². The van der Waals surface area contributed by atoms with E-state index in [0.717, 1.165) is 11.6 Å². The summed E-state index contributed by atoms with van der Waals surface area (Å²) < 4.78 is 28.0. The first-order valence-corrected chi connectivity index (χ1v) is 10.0. The molecule has 0 spiro atoms. The maximum atomic E-state index is 14.3. The number of benzene rings is 2. The van der Waals surface area contributed by atoms with Crippen LogP contribution in [0.1, 0.15) is 29.0 Å². The van der Waals surface area contributed by atoms with Gasteiger partial charge in [0.1, 0.15) is 5.82 Å². The molecule has 29 heavy (non-hydrogen) atoms. The first kappa shape index (κ1) is 19.6. The number of carbonyl (C=O) groups excluding carboxylic acids is 1. The number of fused-ring (bicyclic) bond motifs is 1. The van der Waals surface area contributed by atoms with E-state index in [4.69, 9.17) is 11.6 Å². The van der Waals surface area contributed by atoms with Crippen LogP contribution in [0, 0.1) is 11.6 Å². The summed E-state index contributed by atoms with van der Waals surface area (Å²) >= 11 is 7.38. The second-order valence-corrected chi connectivity index (χ2v) is 7.83. The van der Waals surface area contributed by atoms with Gasteiger partial charge in [-0.15, -0.1) is 0 Å². The summed E-state index contributed by atoms with van der Waals surface area (Å²) in [5.41, 5.74) is 0.412. The SMILES string of the molecule is O=C1C[C@@H](c2cccc(F)c2F)c2c(nc(SCc3ccccc3Cl)[nH]c2=O)N1. The standard InChI is InChI=1S/C20H14ClF2N3O2S/c21-13-6-2-1-4-10(13)9-29-20-25-18-16(19(28)26-20)12(8-15(27)24-18)11-5-3-7-14(22)17(11)23/h1-7,12H,8-9H2,(H2,24,25,26,27,28)/t12-/m0/s1. The molecular formula is C20H14ClF2N3O2S. The lowest BCUT2D eigenvalue weighted by atomic mass is 9.86. The van der Waals surface area contributed by atoms with Crippen LogP contribution in [-0.2, 0) is 10.5 Å². The molecule has 148 valence electrons. The van der Waals surface area contributed by atoms with Gasteiger partial charge in [-0.25, -0.2) is 13.8 Å². The van der Waals surface area contributed by atoms with Crippen LogP contribution < -0.4 is 10.9 Å². The fraction of sp³-hybridized carbons (Fsp3) is 0.150. The highest BCUT2D eigenvalue weighted by Gasteiger charge is 2.33. The van der Waals surface area contributed by atoms with Crippen molar-refractivity contribution in [3.05, 3.63) is 86.2 Å². The van der Waals surface area contributed by atoms with Crippen LogP contribution in [0.15, 0.2) is 52.4 Å². The van der Waals surface area contributed by atoms with Crippen molar-refractivity contribution in [3.8, 4) is 0 Å². The number of nitrogens with zero attached hydrogens (tertiary/aromatic N) is 1. The summed E-state index contributed by atoms with van der Waals surface area (Å²) in [5.74, 6) is -2.95. The van der Waals surface area contributed by atoms with Gasteiger partial charge in [0.15, 0.2) is 16.8 Å². The predicted molar refractivity (Wildman–Crippen MR) is 107 cm³/mol. The Balaban J connectivity index is 1.70. The van der Waals surface area contributed by atoms with Gasteiger partial charge in [-0.2, -0.15) is 0 Å². The van der Waals surface area contributed by atoms with Gasteiger partial charge in [-0.1, -0.05) is 53.7 Å². The average Bonchev–Trinajstić information content (AvgIpc) is 2.68. The number of aromatic amines is 1. The van der Waals surface area contributed by atoms with Gasteiger partial charge in [0.05, 0.1) is 5.56 Å². The molecule has 4 rings (SSSR count). The summed E-state index contributed by atoms with van der Waals surface area (Å²) in [6.07, 6.45) is -0.176. The highest BCUT2D eigenvalue weighted by atomic mass is 35.5. The number of nitrogens with one attached hydrogen (secondary N) is 2. The Morgan fingerprint density at radius 1 is 1.14 bits per heavy atom. The van der Waals surface area contributed by atoms with E-state index >= 15 is 0 Å². The predicted octanol–water partition coefficient (Wildman–Crippen LogP) is 4.47. The lowest BCUT2D eigenvalue weighted by Gasteiger charge is -2.24. The zero-order valence-electron chi connectivity index (χ0n) is 14.8.